The van der Waals surface area contributed by atoms with Gasteiger partial charge >= 0.3 is 5.82 Å². The average Bonchev–Trinajstić information content (AvgIpc) is 2.75. The zero-order chi connectivity index (χ0) is 9.97. The Kier molecular flexibility index (Phi) is 2.40. The van der Waals surface area contributed by atoms with E-state index >= 15 is 0 Å². The van der Waals surface area contributed by atoms with Crippen molar-refractivity contribution in [1.82, 2.24) is 20.3 Å². The van der Waals surface area contributed by atoms with Gasteiger partial charge in [0.15, 0.2) is 6.20 Å². The molecule has 7 nitrogen and oxygen atoms in total. The summed E-state index contributed by atoms with van der Waals surface area (Å²) in [6, 6.07) is 0. The number of hydrogen-bond donors (Lipinski definition) is 1. The summed E-state index contributed by atoms with van der Waals surface area (Å²) in [7, 11) is 0. The topological polar surface area (TPSA) is 85.9 Å². The minimum Gasteiger partial charge on any atom is -0.358 e. The molecule has 1 fully saturated rings. The van der Waals surface area contributed by atoms with E-state index < -0.39 is 4.92 Å². The molecule has 1 N–H and O–H groups in total. The third kappa shape index (κ3) is 1.87. The lowest BCUT2D eigenvalue weighted by Gasteiger charge is -2.02. The van der Waals surface area contributed by atoms with Gasteiger partial charge in [0.25, 0.3) is 0 Å². The van der Waals surface area contributed by atoms with Gasteiger partial charge < -0.3 is 15.4 Å². The zero-order valence-electron chi connectivity index (χ0n) is 7.59. The third-order valence-electron chi connectivity index (χ3n) is 2.30. The first-order valence-electron chi connectivity index (χ1n) is 4.51. The number of nitro groups is 1. The Labute approximate surface area is 80.2 Å². The molecule has 0 aromatic carbocycles. The van der Waals surface area contributed by atoms with Gasteiger partial charge in [-0.1, -0.05) is 4.80 Å². The second-order valence-electron chi connectivity index (χ2n) is 3.37. The van der Waals surface area contributed by atoms with E-state index in [4.69, 9.17) is 0 Å². The Bertz CT molecular complexity index is 331. The predicted molar refractivity (Wildman–Crippen MR) is 47.7 cm³/mol. The van der Waals surface area contributed by atoms with Crippen LogP contribution in [0, 0.1) is 16.0 Å². The highest BCUT2D eigenvalue weighted by Gasteiger charge is 2.19. The lowest BCUT2D eigenvalue weighted by molar-refractivity contribution is -0.389. The molecular formula is C7H11N5O2. The Morgan fingerprint density at radius 1 is 1.79 bits per heavy atom. The highest BCUT2D eigenvalue weighted by atomic mass is 16.6. The molecule has 0 saturated carbocycles. The molecule has 1 unspecified atom stereocenters. The molecule has 1 atom stereocenters. The van der Waals surface area contributed by atoms with E-state index in [2.05, 4.69) is 15.5 Å². The van der Waals surface area contributed by atoms with Gasteiger partial charge in [0.1, 0.15) is 0 Å². The molecule has 0 amide bonds. The quantitative estimate of drug-likeness (QED) is 0.535. The first-order valence-corrected chi connectivity index (χ1v) is 4.51. The maximum atomic E-state index is 10.3. The summed E-state index contributed by atoms with van der Waals surface area (Å²) in [6.07, 6.45) is 2.26. The summed E-state index contributed by atoms with van der Waals surface area (Å²) in [5, 5.41) is 21.1. The second-order valence-corrected chi connectivity index (χ2v) is 3.37. The average molecular weight is 197 g/mol. The maximum absolute atomic E-state index is 10.3. The summed E-state index contributed by atoms with van der Waals surface area (Å²) in [5.41, 5.74) is 0. The van der Waals surface area contributed by atoms with Gasteiger partial charge in [0, 0.05) is 0 Å². The van der Waals surface area contributed by atoms with E-state index in [1.807, 2.05) is 0 Å². The number of rotatable bonds is 3. The van der Waals surface area contributed by atoms with Gasteiger partial charge in [-0.2, -0.15) is 0 Å². The van der Waals surface area contributed by atoms with Crippen molar-refractivity contribution in [2.24, 2.45) is 5.92 Å². The molecule has 1 saturated heterocycles. The lowest BCUT2D eigenvalue weighted by Crippen LogP contribution is -2.16. The number of nitrogens with one attached hydrogen (secondary N) is 1. The van der Waals surface area contributed by atoms with Crippen molar-refractivity contribution in [2.45, 2.75) is 13.0 Å². The molecule has 2 heterocycles. The van der Waals surface area contributed by atoms with Crippen LogP contribution in [0.4, 0.5) is 5.82 Å². The largest absolute Gasteiger partial charge is 0.410 e. The molecule has 76 valence electrons. The van der Waals surface area contributed by atoms with Crippen LogP contribution in [-0.2, 0) is 6.54 Å². The van der Waals surface area contributed by atoms with Crippen LogP contribution in [-0.4, -0.2) is 33.0 Å². The molecule has 1 aliphatic heterocycles. The van der Waals surface area contributed by atoms with Crippen LogP contribution in [0.2, 0.25) is 0 Å². The first-order chi connectivity index (χ1) is 6.75. The Balaban J connectivity index is 1.98. The summed E-state index contributed by atoms with van der Waals surface area (Å²) in [4.78, 5) is 11.2. The molecule has 14 heavy (non-hydrogen) atoms. The van der Waals surface area contributed by atoms with Crippen LogP contribution in [0.5, 0.6) is 0 Å². The van der Waals surface area contributed by atoms with Gasteiger partial charge in [-0.25, -0.2) is 0 Å². The number of nitrogens with zero attached hydrogens (tertiary/aromatic N) is 4. The molecule has 0 bridgehead atoms. The van der Waals surface area contributed by atoms with Gasteiger partial charge in [-0.15, -0.1) is 5.10 Å². The van der Waals surface area contributed by atoms with Crippen LogP contribution in [0.3, 0.4) is 0 Å². The van der Waals surface area contributed by atoms with Crippen molar-refractivity contribution >= 4 is 5.82 Å². The van der Waals surface area contributed by atoms with Crippen molar-refractivity contribution < 1.29 is 4.92 Å². The van der Waals surface area contributed by atoms with Crippen molar-refractivity contribution in [2.75, 3.05) is 13.1 Å². The third-order valence-corrected chi connectivity index (χ3v) is 2.30. The minimum absolute atomic E-state index is 0.184. The normalized spacial score (nSPS) is 21.3. The van der Waals surface area contributed by atoms with E-state index in [1.54, 1.807) is 0 Å². The van der Waals surface area contributed by atoms with E-state index in [0.29, 0.717) is 12.5 Å². The first kappa shape index (κ1) is 9.07. The summed E-state index contributed by atoms with van der Waals surface area (Å²) < 4.78 is 0. The van der Waals surface area contributed by atoms with Gasteiger partial charge in [-0.05, 0) is 30.4 Å². The predicted octanol–water partition coefficient (Wildman–Crippen LogP) is -0.204. The Morgan fingerprint density at radius 3 is 3.21 bits per heavy atom. The standard InChI is InChI=1S/C7H11N5O2/c13-12(14)7-4-9-11(10-7)5-6-1-2-8-3-6/h4,6,8H,1-3,5H2. The monoisotopic (exact) mass is 197 g/mol. The van der Waals surface area contributed by atoms with Crippen molar-refractivity contribution in [3.05, 3.63) is 16.3 Å². The number of hydrogen-bond acceptors (Lipinski definition) is 5. The highest BCUT2D eigenvalue weighted by Crippen LogP contribution is 2.10. The fourth-order valence-corrected chi connectivity index (χ4v) is 1.56. The van der Waals surface area contributed by atoms with Gasteiger partial charge in [0.2, 0.25) is 0 Å². The molecule has 2 rings (SSSR count). The Hall–Kier alpha value is -1.50. The molecule has 1 aliphatic rings. The van der Waals surface area contributed by atoms with E-state index in [-0.39, 0.29) is 5.82 Å². The van der Waals surface area contributed by atoms with Gasteiger partial charge in [0.05, 0.1) is 11.6 Å². The Morgan fingerprint density at radius 2 is 2.64 bits per heavy atom. The molecule has 7 heteroatoms. The molecule has 0 aliphatic carbocycles. The molecule has 1 aromatic heterocycles. The summed E-state index contributed by atoms with van der Waals surface area (Å²) >= 11 is 0. The second kappa shape index (κ2) is 3.70. The minimum atomic E-state index is -0.531. The van der Waals surface area contributed by atoms with E-state index in [9.17, 15) is 10.1 Å². The highest BCUT2D eigenvalue weighted by molar-refractivity contribution is 5.07. The van der Waals surface area contributed by atoms with Crippen molar-refractivity contribution in [3.8, 4) is 0 Å². The molecule has 1 aromatic rings. The SMILES string of the molecule is O=[N+]([O-])c1cnn(CC2CCNC2)n1. The smallest absolute Gasteiger partial charge is 0.358 e. The van der Waals surface area contributed by atoms with Crippen LogP contribution in [0.15, 0.2) is 6.20 Å². The maximum Gasteiger partial charge on any atom is 0.410 e. The molecule has 0 spiro atoms. The number of aromatic nitrogens is 3. The van der Waals surface area contributed by atoms with Crippen LogP contribution in [0.1, 0.15) is 6.42 Å². The van der Waals surface area contributed by atoms with Crippen molar-refractivity contribution in [1.29, 1.82) is 0 Å². The van der Waals surface area contributed by atoms with Crippen LogP contribution in [0.25, 0.3) is 0 Å². The van der Waals surface area contributed by atoms with E-state index in [0.717, 1.165) is 19.5 Å². The lowest BCUT2D eigenvalue weighted by atomic mass is 10.1. The van der Waals surface area contributed by atoms with Gasteiger partial charge in [-0.3, -0.25) is 0 Å². The van der Waals surface area contributed by atoms with Crippen molar-refractivity contribution in [3.63, 3.8) is 0 Å². The summed E-state index contributed by atoms with van der Waals surface area (Å²) in [5.74, 6) is 0.304. The van der Waals surface area contributed by atoms with E-state index in [1.165, 1.54) is 11.0 Å². The zero-order valence-corrected chi connectivity index (χ0v) is 7.59. The fourth-order valence-electron chi connectivity index (χ4n) is 1.56. The fraction of sp³-hybridized carbons (Fsp3) is 0.714. The molecule has 0 radical (unpaired) electrons. The van der Waals surface area contributed by atoms with Crippen LogP contribution >= 0.6 is 0 Å². The van der Waals surface area contributed by atoms with Crippen LogP contribution < -0.4 is 5.32 Å². The molecular weight excluding hydrogens is 186 g/mol. The summed E-state index contributed by atoms with van der Waals surface area (Å²) in [6.45, 7) is 2.60.